The van der Waals surface area contributed by atoms with Crippen LogP contribution in [0.2, 0.25) is 0 Å². The average Bonchev–Trinajstić information content (AvgIpc) is 1.82. The van der Waals surface area contributed by atoms with Gasteiger partial charge in [0.1, 0.15) is 0 Å². The molecule has 2 nitrogen and oxygen atoms in total. The maximum Gasteiger partial charge on any atom is 0.244 e. The first-order valence-electron chi connectivity index (χ1n) is 2.76. The van der Waals surface area contributed by atoms with Crippen LogP contribution in [0.4, 0.5) is 0 Å². The maximum absolute atomic E-state index is 10.3. The topological polar surface area (TPSA) is 43.1 Å². The fraction of sp³-hybridized carbons (Fsp3) is 0.286. The first-order chi connectivity index (χ1) is 4.18. The van der Waals surface area contributed by atoms with Gasteiger partial charge in [-0.3, -0.25) is 4.79 Å². The highest BCUT2D eigenvalue weighted by atomic mass is 16.1. The van der Waals surface area contributed by atoms with Gasteiger partial charge in [-0.2, -0.15) is 0 Å². The summed E-state index contributed by atoms with van der Waals surface area (Å²) in [5, 5.41) is 0. The van der Waals surface area contributed by atoms with Gasteiger partial charge in [-0.05, 0) is 13.3 Å². The Balaban J connectivity index is 3.83. The highest BCUT2D eigenvalue weighted by Gasteiger charge is 1.92. The van der Waals surface area contributed by atoms with Crippen LogP contribution in [0.3, 0.4) is 0 Å². The number of amides is 1. The second-order valence-corrected chi connectivity index (χ2v) is 1.78. The van der Waals surface area contributed by atoms with Crippen molar-refractivity contribution < 1.29 is 4.79 Å². The summed E-state index contributed by atoms with van der Waals surface area (Å²) >= 11 is 0. The Labute approximate surface area is 55.1 Å². The van der Waals surface area contributed by atoms with Gasteiger partial charge >= 0.3 is 0 Å². The molecule has 0 unspecified atom stereocenters. The molecule has 0 aliphatic carbocycles. The van der Waals surface area contributed by atoms with E-state index in [4.69, 9.17) is 5.73 Å². The van der Waals surface area contributed by atoms with E-state index in [1.807, 2.05) is 0 Å². The fourth-order valence-electron chi connectivity index (χ4n) is 0.361. The minimum absolute atomic E-state index is 0.364. The molecule has 0 bridgehead atoms. The van der Waals surface area contributed by atoms with Crippen LogP contribution in [0.15, 0.2) is 24.3 Å². The summed E-state index contributed by atoms with van der Waals surface area (Å²) in [5.74, 6) is -0.364. The third kappa shape index (κ3) is 3.53. The molecule has 0 aromatic carbocycles. The molecule has 1 amide bonds. The number of rotatable bonds is 3. The highest BCUT2D eigenvalue weighted by Crippen LogP contribution is 1.92. The van der Waals surface area contributed by atoms with E-state index in [0.717, 1.165) is 0 Å². The molecule has 9 heavy (non-hydrogen) atoms. The summed E-state index contributed by atoms with van der Waals surface area (Å²) in [6, 6.07) is 0. The van der Waals surface area contributed by atoms with Crippen LogP contribution in [-0.2, 0) is 4.79 Å². The van der Waals surface area contributed by atoms with E-state index < -0.39 is 0 Å². The number of allylic oxidation sites excluding steroid dienone is 2. The summed E-state index contributed by atoms with van der Waals surface area (Å²) in [4.78, 5) is 10.3. The van der Waals surface area contributed by atoms with Crippen LogP contribution >= 0.6 is 0 Å². The summed E-state index contributed by atoms with van der Waals surface area (Å²) < 4.78 is 0. The predicted molar refractivity (Wildman–Crippen MR) is 37.8 cm³/mol. The van der Waals surface area contributed by atoms with E-state index in [1.54, 1.807) is 19.1 Å². The second kappa shape index (κ2) is 3.89. The van der Waals surface area contributed by atoms with Crippen molar-refractivity contribution in [2.45, 2.75) is 13.3 Å². The zero-order valence-electron chi connectivity index (χ0n) is 5.55. The van der Waals surface area contributed by atoms with Crippen molar-refractivity contribution in [1.82, 2.24) is 0 Å². The lowest BCUT2D eigenvalue weighted by atomic mass is 10.2. The third-order valence-electron chi connectivity index (χ3n) is 0.979. The molecule has 0 radical (unpaired) electrons. The SMILES string of the molecule is C=CC/C=C(\C)C(N)=O. The lowest BCUT2D eigenvalue weighted by Gasteiger charge is -1.89. The molecule has 0 aliphatic heterocycles. The molecule has 0 aliphatic rings. The van der Waals surface area contributed by atoms with E-state index in [1.165, 1.54) is 0 Å². The van der Waals surface area contributed by atoms with Gasteiger partial charge in [-0.1, -0.05) is 12.2 Å². The summed E-state index contributed by atoms with van der Waals surface area (Å²) in [5.41, 5.74) is 5.53. The Kier molecular flexibility index (Phi) is 3.44. The zero-order chi connectivity index (χ0) is 7.28. The largest absolute Gasteiger partial charge is 0.366 e. The molecule has 0 rings (SSSR count). The van der Waals surface area contributed by atoms with Gasteiger partial charge < -0.3 is 5.73 Å². The molecule has 2 heteroatoms. The first kappa shape index (κ1) is 7.95. The van der Waals surface area contributed by atoms with Crippen molar-refractivity contribution in [3.05, 3.63) is 24.3 Å². The normalized spacial score (nSPS) is 11.0. The Bertz CT molecular complexity index is 147. The van der Waals surface area contributed by atoms with Crippen LogP contribution in [0.5, 0.6) is 0 Å². The molecule has 2 N–H and O–H groups in total. The average molecular weight is 125 g/mol. The Morgan fingerprint density at radius 3 is 2.67 bits per heavy atom. The summed E-state index contributed by atoms with van der Waals surface area (Å²) in [6.07, 6.45) is 4.16. The predicted octanol–water partition coefficient (Wildman–Crippen LogP) is 0.994. The molecule has 0 atom stereocenters. The lowest BCUT2D eigenvalue weighted by Crippen LogP contribution is -2.11. The van der Waals surface area contributed by atoms with Crippen molar-refractivity contribution in [3.8, 4) is 0 Å². The molecular formula is C7H11NO. The zero-order valence-corrected chi connectivity index (χ0v) is 5.55. The molecule has 0 heterocycles. The number of carbonyl (C=O) groups is 1. The van der Waals surface area contributed by atoms with Gasteiger partial charge in [0.25, 0.3) is 0 Å². The van der Waals surface area contributed by atoms with Gasteiger partial charge in [0.05, 0.1) is 0 Å². The van der Waals surface area contributed by atoms with Gasteiger partial charge in [0.2, 0.25) is 5.91 Å². The number of hydrogen-bond donors (Lipinski definition) is 1. The smallest absolute Gasteiger partial charge is 0.244 e. The maximum atomic E-state index is 10.3. The number of nitrogens with two attached hydrogens (primary N) is 1. The quantitative estimate of drug-likeness (QED) is 0.443. The van der Waals surface area contributed by atoms with Crippen molar-refractivity contribution in [1.29, 1.82) is 0 Å². The van der Waals surface area contributed by atoms with E-state index in [2.05, 4.69) is 6.58 Å². The summed E-state index contributed by atoms with van der Waals surface area (Å²) in [6.45, 7) is 5.18. The van der Waals surface area contributed by atoms with Gasteiger partial charge in [-0.15, -0.1) is 6.58 Å². The second-order valence-electron chi connectivity index (χ2n) is 1.78. The van der Waals surface area contributed by atoms with Crippen molar-refractivity contribution in [2.24, 2.45) is 5.73 Å². The Morgan fingerprint density at radius 2 is 2.33 bits per heavy atom. The Hall–Kier alpha value is -1.05. The number of primary amides is 1. The van der Waals surface area contributed by atoms with E-state index >= 15 is 0 Å². The fourth-order valence-corrected chi connectivity index (χ4v) is 0.361. The van der Waals surface area contributed by atoms with Crippen molar-refractivity contribution in [2.75, 3.05) is 0 Å². The molecule has 0 spiro atoms. The van der Waals surface area contributed by atoms with Crippen LogP contribution in [0.25, 0.3) is 0 Å². The molecule has 0 saturated carbocycles. The molecule has 50 valence electrons. The van der Waals surface area contributed by atoms with E-state index in [-0.39, 0.29) is 5.91 Å². The van der Waals surface area contributed by atoms with Crippen LogP contribution in [0, 0.1) is 0 Å². The van der Waals surface area contributed by atoms with Crippen molar-refractivity contribution >= 4 is 5.91 Å². The molecular weight excluding hydrogens is 114 g/mol. The van der Waals surface area contributed by atoms with Crippen LogP contribution in [0.1, 0.15) is 13.3 Å². The Morgan fingerprint density at radius 1 is 1.78 bits per heavy atom. The van der Waals surface area contributed by atoms with Gasteiger partial charge in [0.15, 0.2) is 0 Å². The standard InChI is InChI=1S/C7H11NO/c1-3-4-5-6(2)7(8)9/h3,5H,1,4H2,2H3,(H2,8,9)/b6-5+. The molecule has 0 aromatic rings. The number of carbonyl (C=O) groups excluding carboxylic acids is 1. The molecule has 0 fully saturated rings. The van der Waals surface area contributed by atoms with Crippen molar-refractivity contribution in [3.63, 3.8) is 0 Å². The third-order valence-corrected chi connectivity index (χ3v) is 0.979. The molecule has 0 saturated heterocycles. The molecule has 0 aromatic heterocycles. The summed E-state index contributed by atoms with van der Waals surface area (Å²) in [7, 11) is 0. The number of hydrogen-bond acceptors (Lipinski definition) is 1. The highest BCUT2D eigenvalue weighted by molar-refractivity contribution is 5.91. The first-order valence-corrected chi connectivity index (χ1v) is 2.76. The monoisotopic (exact) mass is 125 g/mol. The van der Waals surface area contributed by atoms with Gasteiger partial charge in [-0.25, -0.2) is 0 Å². The van der Waals surface area contributed by atoms with E-state index in [0.29, 0.717) is 12.0 Å². The minimum atomic E-state index is -0.364. The van der Waals surface area contributed by atoms with Gasteiger partial charge in [0, 0.05) is 5.57 Å². The minimum Gasteiger partial charge on any atom is -0.366 e. The van der Waals surface area contributed by atoms with Crippen LogP contribution in [-0.4, -0.2) is 5.91 Å². The van der Waals surface area contributed by atoms with Crippen LogP contribution < -0.4 is 5.73 Å². The lowest BCUT2D eigenvalue weighted by molar-refractivity contribution is -0.114. The van der Waals surface area contributed by atoms with E-state index in [9.17, 15) is 4.79 Å².